The molecule has 0 bridgehead atoms. The van der Waals surface area contributed by atoms with E-state index in [0.717, 1.165) is 25.9 Å². The first-order valence-electron chi connectivity index (χ1n) is 15.9. The second-order valence-corrected chi connectivity index (χ2v) is 13.1. The first kappa shape index (κ1) is 30.4. The first-order chi connectivity index (χ1) is 19.2. The van der Waals surface area contributed by atoms with E-state index in [1.807, 2.05) is 0 Å². The lowest BCUT2D eigenvalue weighted by molar-refractivity contribution is -0.967. The average molecular weight is 545 g/mol. The molecule has 2 aliphatic heterocycles. The topological polar surface area (TPSA) is 15.4 Å². The SMILES string of the molecule is CC1=C(C)[NH+](CCC(C)C)C(C2N(CCc3ccccc3)C(C)=C(C)[NH+]2CCC(C)C)N1CCc1ccccc1. The van der Waals surface area contributed by atoms with E-state index < -0.39 is 0 Å². The molecule has 2 aromatic carbocycles. The van der Waals surface area contributed by atoms with Gasteiger partial charge in [-0.2, -0.15) is 0 Å². The van der Waals surface area contributed by atoms with E-state index in [-0.39, 0.29) is 0 Å². The molecule has 4 unspecified atom stereocenters. The van der Waals surface area contributed by atoms with Gasteiger partial charge in [-0.1, -0.05) is 88.4 Å². The lowest BCUT2D eigenvalue weighted by atomic mass is 10.1. The Morgan fingerprint density at radius 1 is 0.575 bits per heavy atom. The molecule has 0 radical (unpaired) electrons. The van der Waals surface area contributed by atoms with Crippen LogP contribution in [-0.2, 0) is 12.8 Å². The Kier molecular flexibility index (Phi) is 10.5. The molecule has 0 fully saturated rings. The molecule has 0 saturated heterocycles. The molecular formula is C36H56N4+2. The minimum absolute atomic E-state index is 0.410. The predicted octanol–water partition coefficient (Wildman–Crippen LogP) is 5.12. The van der Waals surface area contributed by atoms with Crippen molar-refractivity contribution in [2.75, 3.05) is 26.2 Å². The molecule has 0 saturated carbocycles. The van der Waals surface area contributed by atoms with Crippen LogP contribution in [0.1, 0.15) is 79.4 Å². The van der Waals surface area contributed by atoms with Crippen LogP contribution in [0.15, 0.2) is 83.5 Å². The van der Waals surface area contributed by atoms with E-state index in [1.165, 1.54) is 48.5 Å². The van der Waals surface area contributed by atoms with Gasteiger partial charge in [0.15, 0.2) is 0 Å². The van der Waals surface area contributed by atoms with Gasteiger partial charge in [-0.15, -0.1) is 0 Å². The Balaban J connectivity index is 1.70. The van der Waals surface area contributed by atoms with Crippen LogP contribution >= 0.6 is 0 Å². The third kappa shape index (κ3) is 7.01. The maximum atomic E-state index is 2.80. The van der Waals surface area contributed by atoms with Crippen molar-refractivity contribution in [3.63, 3.8) is 0 Å². The van der Waals surface area contributed by atoms with Gasteiger partial charge in [-0.3, -0.25) is 9.80 Å². The second-order valence-electron chi connectivity index (χ2n) is 13.1. The van der Waals surface area contributed by atoms with Gasteiger partial charge in [0, 0.05) is 26.9 Å². The van der Waals surface area contributed by atoms with Gasteiger partial charge in [0.2, 0.25) is 12.3 Å². The van der Waals surface area contributed by atoms with E-state index in [1.54, 1.807) is 21.2 Å². The van der Waals surface area contributed by atoms with E-state index >= 15 is 0 Å². The Hall–Kier alpha value is -2.56. The summed E-state index contributed by atoms with van der Waals surface area (Å²) in [5, 5.41) is 0. The molecule has 40 heavy (non-hydrogen) atoms. The van der Waals surface area contributed by atoms with Gasteiger partial charge >= 0.3 is 0 Å². The lowest BCUT2D eigenvalue weighted by Crippen LogP contribution is -3.25. The van der Waals surface area contributed by atoms with Crippen LogP contribution in [0.25, 0.3) is 0 Å². The van der Waals surface area contributed by atoms with Crippen molar-refractivity contribution in [1.82, 2.24) is 9.80 Å². The van der Waals surface area contributed by atoms with Gasteiger partial charge in [-0.05, 0) is 62.5 Å². The number of hydrogen-bond acceptors (Lipinski definition) is 2. The van der Waals surface area contributed by atoms with Gasteiger partial charge in [0.25, 0.3) is 0 Å². The minimum Gasteiger partial charge on any atom is -0.314 e. The van der Waals surface area contributed by atoms with Crippen molar-refractivity contribution in [1.29, 1.82) is 0 Å². The van der Waals surface area contributed by atoms with Crippen molar-refractivity contribution < 1.29 is 9.80 Å². The molecule has 2 aliphatic rings. The van der Waals surface area contributed by atoms with Crippen molar-refractivity contribution in [2.45, 2.75) is 93.4 Å². The molecule has 4 nitrogen and oxygen atoms in total. The number of allylic oxidation sites excluding steroid dienone is 4. The van der Waals surface area contributed by atoms with Gasteiger partial charge in [0.05, 0.1) is 24.5 Å². The third-order valence-electron chi connectivity index (χ3n) is 9.55. The Morgan fingerprint density at radius 3 is 1.25 bits per heavy atom. The zero-order valence-corrected chi connectivity index (χ0v) is 26.6. The van der Waals surface area contributed by atoms with Crippen LogP contribution in [0.5, 0.6) is 0 Å². The minimum atomic E-state index is 0.410. The largest absolute Gasteiger partial charge is 0.314 e. The molecule has 4 heteroatoms. The summed E-state index contributed by atoms with van der Waals surface area (Å²) in [6.45, 7) is 23.6. The van der Waals surface area contributed by atoms with Crippen LogP contribution < -0.4 is 9.80 Å². The predicted molar refractivity (Wildman–Crippen MR) is 169 cm³/mol. The molecular weight excluding hydrogens is 488 g/mol. The van der Waals surface area contributed by atoms with E-state index in [2.05, 4.69) is 126 Å². The van der Waals surface area contributed by atoms with Crippen molar-refractivity contribution in [3.05, 3.63) is 94.6 Å². The van der Waals surface area contributed by atoms with Crippen LogP contribution in [0, 0.1) is 11.8 Å². The van der Waals surface area contributed by atoms with Crippen molar-refractivity contribution in [3.8, 4) is 0 Å². The molecule has 218 valence electrons. The molecule has 0 spiro atoms. The highest BCUT2D eigenvalue weighted by molar-refractivity contribution is 5.19. The van der Waals surface area contributed by atoms with Crippen LogP contribution in [-0.4, -0.2) is 48.3 Å². The van der Waals surface area contributed by atoms with Crippen molar-refractivity contribution in [2.24, 2.45) is 11.8 Å². The third-order valence-corrected chi connectivity index (χ3v) is 9.55. The molecule has 0 amide bonds. The molecule has 2 heterocycles. The summed E-state index contributed by atoms with van der Waals surface area (Å²) < 4.78 is 0. The van der Waals surface area contributed by atoms with Gasteiger partial charge < -0.3 is 9.80 Å². The Bertz CT molecular complexity index is 1040. The summed E-state index contributed by atoms with van der Waals surface area (Å²) in [5.41, 5.74) is 8.95. The van der Waals surface area contributed by atoms with Crippen LogP contribution in [0.3, 0.4) is 0 Å². The molecule has 4 atom stereocenters. The number of benzene rings is 2. The van der Waals surface area contributed by atoms with Crippen LogP contribution in [0.2, 0.25) is 0 Å². The number of rotatable bonds is 13. The zero-order valence-electron chi connectivity index (χ0n) is 26.6. The maximum absolute atomic E-state index is 2.80. The summed E-state index contributed by atoms with van der Waals surface area (Å²) in [7, 11) is 0. The monoisotopic (exact) mass is 544 g/mol. The van der Waals surface area contributed by atoms with E-state index in [9.17, 15) is 0 Å². The highest BCUT2D eigenvalue weighted by atomic mass is 15.5. The van der Waals surface area contributed by atoms with E-state index in [0.29, 0.717) is 24.2 Å². The smallest absolute Gasteiger partial charge is 0.241 e. The first-order valence-corrected chi connectivity index (χ1v) is 15.9. The molecule has 2 N–H and O–H groups in total. The fraction of sp³-hybridized carbons (Fsp3) is 0.556. The van der Waals surface area contributed by atoms with E-state index in [4.69, 9.17) is 0 Å². The average Bonchev–Trinajstić information content (AvgIpc) is 3.32. The highest BCUT2D eigenvalue weighted by Gasteiger charge is 2.54. The van der Waals surface area contributed by atoms with Gasteiger partial charge in [0.1, 0.15) is 11.4 Å². The summed E-state index contributed by atoms with van der Waals surface area (Å²) in [5.74, 6) is 1.42. The van der Waals surface area contributed by atoms with Crippen LogP contribution in [0.4, 0.5) is 0 Å². The standard InChI is InChI=1S/C36H54N4/c1-27(2)19-23-37-29(5)31(7)39(25-21-33-15-11-9-12-16-33)35(37)36-38(24-20-28(3)4)30(6)32(8)40(36)26-22-34-17-13-10-14-18-34/h9-18,27-28,35-36H,19-26H2,1-8H3/p+2. The molecule has 2 aromatic rings. The zero-order chi connectivity index (χ0) is 28.8. The number of quaternary nitrogens is 2. The fourth-order valence-electron chi connectivity index (χ4n) is 6.82. The second kappa shape index (κ2) is 13.9. The molecule has 4 rings (SSSR count). The number of nitrogens with one attached hydrogen (secondary N) is 2. The highest BCUT2D eigenvalue weighted by Crippen LogP contribution is 2.25. The molecule has 0 aromatic heterocycles. The fourth-order valence-corrected chi connectivity index (χ4v) is 6.82. The number of nitrogens with zero attached hydrogens (tertiary/aromatic N) is 2. The maximum Gasteiger partial charge on any atom is 0.241 e. The quantitative estimate of drug-likeness (QED) is 0.364. The number of hydrogen-bond donors (Lipinski definition) is 2. The summed E-state index contributed by atoms with van der Waals surface area (Å²) in [4.78, 5) is 9.00. The van der Waals surface area contributed by atoms with Crippen molar-refractivity contribution >= 4 is 0 Å². The summed E-state index contributed by atoms with van der Waals surface area (Å²) >= 11 is 0. The van der Waals surface area contributed by atoms with Gasteiger partial charge in [-0.25, -0.2) is 0 Å². The summed E-state index contributed by atoms with van der Waals surface area (Å²) in [6.07, 6.45) is 5.51. The Labute approximate surface area is 245 Å². The lowest BCUT2D eigenvalue weighted by Gasteiger charge is -2.40. The normalized spacial score (nSPS) is 23.4. The summed E-state index contributed by atoms with van der Waals surface area (Å²) in [6, 6.07) is 22.1. The Morgan fingerprint density at radius 2 is 0.925 bits per heavy atom. The molecule has 0 aliphatic carbocycles.